The van der Waals surface area contributed by atoms with Gasteiger partial charge in [-0.2, -0.15) is 0 Å². The highest BCUT2D eigenvalue weighted by atomic mass is 16.5. The molecule has 14 heavy (non-hydrogen) atoms. The SMILES string of the molecule is COCCC(C)(C(=O)O)C1CCCC1. The Bertz CT molecular complexity index is 197. The normalized spacial score (nSPS) is 22.1. The molecule has 0 aliphatic heterocycles. The van der Waals surface area contributed by atoms with Crippen LogP contribution in [0.4, 0.5) is 0 Å². The third kappa shape index (κ3) is 2.27. The third-order valence-corrected chi connectivity index (χ3v) is 3.57. The third-order valence-electron chi connectivity index (χ3n) is 3.57. The van der Waals surface area contributed by atoms with E-state index in [0.717, 1.165) is 12.8 Å². The molecule has 1 fully saturated rings. The summed E-state index contributed by atoms with van der Waals surface area (Å²) in [5.41, 5.74) is -0.577. The summed E-state index contributed by atoms with van der Waals surface area (Å²) in [6.07, 6.45) is 5.11. The van der Waals surface area contributed by atoms with Crippen molar-refractivity contribution < 1.29 is 14.6 Å². The molecule has 0 saturated heterocycles. The molecule has 0 amide bonds. The summed E-state index contributed by atoms with van der Waals surface area (Å²) in [7, 11) is 1.62. The maximum absolute atomic E-state index is 11.3. The number of aliphatic carboxylic acids is 1. The summed E-state index contributed by atoms with van der Waals surface area (Å²) >= 11 is 0. The van der Waals surface area contributed by atoms with Gasteiger partial charge in [-0.1, -0.05) is 12.8 Å². The second kappa shape index (κ2) is 4.78. The second-order valence-electron chi connectivity index (χ2n) is 4.45. The molecule has 0 spiro atoms. The molecular weight excluding hydrogens is 180 g/mol. The van der Waals surface area contributed by atoms with Gasteiger partial charge in [0.05, 0.1) is 5.41 Å². The summed E-state index contributed by atoms with van der Waals surface area (Å²) in [5.74, 6) is -0.323. The molecule has 1 atom stereocenters. The van der Waals surface area contributed by atoms with E-state index in [4.69, 9.17) is 4.74 Å². The van der Waals surface area contributed by atoms with E-state index in [0.29, 0.717) is 18.9 Å². The average molecular weight is 200 g/mol. The Balaban J connectivity index is 2.64. The molecule has 0 aromatic rings. The highest BCUT2D eigenvalue weighted by molar-refractivity contribution is 5.74. The zero-order valence-electron chi connectivity index (χ0n) is 9.08. The first kappa shape index (κ1) is 11.5. The molecule has 1 aliphatic carbocycles. The molecule has 0 radical (unpaired) electrons. The van der Waals surface area contributed by atoms with Gasteiger partial charge in [-0.25, -0.2) is 0 Å². The van der Waals surface area contributed by atoms with Crippen molar-refractivity contribution in [3.05, 3.63) is 0 Å². The smallest absolute Gasteiger partial charge is 0.309 e. The fourth-order valence-electron chi connectivity index (χ4n) is 2.36. The van der Waals surface area contributed by atoms with E-state index < -0.39 is 11.4 Å². The molecule has 0 heterocycles. The summed E-state index contributed by atoms with van der Waals surface area (Å²) < 4.78 is 4.98. The minimum atomic E-state index is -0.665. The molecule has 82 valence electrons. The Morgan fingerprint density at radius 1 is 1.50 bits per heavy atom. The zero-order valence-corrected chi connectivity index (χ0v) is 9.08. The number of carboxylic acids is 1. The van der Waals surface area contributed by atoms with Gasteiger partial charge in [0.2, 0.25) is 0 Å². The zero-order chi connectivity index (χ0) is 10.6. The van der Waals surface area contributed by atoms with Gasteiger partial charge in [0.25, 0.3) is 0 Å². The van der Waals surface area contributed by atoms with Crippen LogP contribution in [0.15, 0.2) is 0 Å². The van der Waals surface area contributed by atoms with Gasteiger partial charge >= 0.3 is 5.97 Å². The maximum Gasteiger partial charge on any atom is 0.309 e. The van der Waals surface area contributed by atoms with E-state index in [1.807, 2.05) is 6.92 Å². The molecule has 1 rings (SSSR count). The molecular formula is C11H20O3. The van der Waals surface area contributed by atoms with Gasteiger partial charge in [0, 0.05) is 13.7 Å². The quantitative estimate of drug-likeness (QED) is 0.740. The van der Waals surface area contributed by atoms with E-state index in [1.165, 1.54) is 12.8 Å². The van der Waals surface area contributed by atoms with Crippen LogP contribution >= 0.6 is 0 Å². The molecule has 0 bridgehead atoms. The Hall–Kier alpha value is -0.570. The van der Waals surface area contributed by atoms with E-state index in [-0.39, 0.29) is 0 Å². The lowest BCUT2D eigenvalue weighted by Crippen LogP contribution is -2.35. The van der Waals surface area contributed by atoms with E-state index in [2.05, 4.69) is 0 Å². The highest BCUT2D eigenvalue weighted by Gasteiger charge is 2.41. The fourth-order valence-corrected chi connectivity index (χ4v) is 2.36. The first-order valence-electron chi connectivity index (χ1n) is 5.33. The number of carbonyl (C=O) groups is 1. The predicted octanol–water partition coefficient (Wildman–Crippen LogP) is 2.30. The summed E-state index contributed by atoms with van der Waals surface area (Å²) in [5, 5.41) is 9.26. The largest absolute Gasteiger partial charge is 0.481 e. The molecule has 0 aromatic heterocycles. The number of carboxylic acid groups (broad SMARTS) is 1. The van der Waals surface area contributed by atoms with Crippen LogP contribution in [0.3, 0.4) is 0 Å². The van der Waals surface area contributed by atoms with Gasteiger partial charge < -0.3 is 9.84 Å². The van der Waals surface area contributed by atoms with E-state index >= 15 is 0 Å². The van der Waals surface area contributed by atoms with Crippen LogP contribution < -0.4 is 0 Å². The van der Waals surface area contributed by atoms with Gasteiger partial charge in [-0.15, -0.1) is 0 Å². The number of rotatable bonds is 5. The van der Waals surface area contributed by atoms with Crippen molar-refractivity contribution in [1.29, 1.82) is 0 Å². The van der Waals surface area contributed by atoms with Crippen LogP contribution in [-0.2, 0) is 9.53 Å². The van der Waals surface area contributed by atoms with Crippen LogP contribution in [0.25, 0.3) is 0 Å². The lowest BCUT2D eigenvalue weighted by Gasteiger charge is -2.30. The Morgan fingerprint density at radius 2 is 2.07 bits per heavy atom. The topological polar surface area (TPSA) is 46.5 Å². The monoisotopic (exact) mass is 200 g/mol. The number of hydrogen-bond acceptors (Lipinski definition) is 2. The number of hydrogen-bond donors (Lipinski definition) is 1. The van der Waals surface area contributed by atoms with Crippen molar-refractivity contribution in [2.75, 3.05) is 13.7 Å². The summed E-state index contributed by atoms with van der Waals surface area (Å²) in [6.45, 7) is 2.41. The molecule has 3 heteroatoms. The lowest BCUT2D eigenvalue weighted by molar-refractivity contribution is -0.152. The van der Waals surface area contributed by atoms with Crippen molar-refractivity contribution in [2.45, 2.75) is 39.0 Å². The standard InChI is InChI=1S/C11H20O3/c1-11(10(12)13,7-8-14-2)9-5-3-4-6-9/h9H,3-8H2,1-2H3,(H,12,13). The van der Waals surface area contributed by atoms with Crippen LogP contribution in [0.1, 0.15) is 39.0 Å². The molecule has 3 nitrogen and oxygen atoms in total. The minimum absolute atomic E-state index is 0.343. The number of methoxy groups -OCH3 is 1. The van der Waals surface area contributed by atoms with Crippen molar-refractivity contribution in [2.24, 2.45) is 11.3 Å². The van der Waals surface area contributed by atoms with Crippen molar-refractivity contribution in [3.63, 3.8) is 0 Å². The first-order chi connectivity index (χ1) is 6.61. The molecule has 1 saturated carbocycles. The van der Waals surface area contributed by atoms with Gasteiger partial charge in [-0.3, -0.25) is 4.79 Å². The van der Waals surface area contributed by atoms with E-state index in [9.17, 15) is 9.90 Å². The molecule has 1 aliphatic rings. The lowest BCUT2D eigenvalue weighted by atomic mass is 9.74. The summed E-state index contributed by atoms with van der Waals surface area (Å²) in [4.78, 5) is 11.3. The highest BCUT2D eigenvalue weighted by Crippen LogP contribution is 2.42. The first-order valence-corrected chi connectivity index (χ1v) is 5.33. The van der Waals surface area contributed by atoms with Crippen molar-refractivity contribution in [1.82, 2.24) is 0 Å². The Labute approximate surface area is 85.5 Å². The van der Waals surface area contributed by atoms with E-state index in [1.54, 1.807) is 7.11 Å². The second-order valence-corrected chi connectivity index (χ2v) is 4.45. The maximum atomic E-state index is 11.3. The number of ether oxygens (including phenoxy) is 1. The summed E-state index contributed by atoms with van der Waals surface area (Å²) in [6, 6.07) is 0. The van der Waals surface area contributed by atoms with Gasteiger partial charge in [0.15, 0.2) is 0 Å². The van der Waals surface area contributed by atoms with Crippen LogP contribution in [0, 0.1) is 11.3 Å². The van der Waals surface area contributed by atoms with Crippen molar-refractivity contribution in [3.8, 4) is 0 Å². The Kier molecular flexibility index (Phi) is 3.93. The van der Waals surface area contributed by atoms with Gasteiger partial charge in [0.1, 0.15) is 0 Å². The van der Waals surface area contributed by atoms with Crippen LogP contribution in [0.5, 0.6) is 0 Å². The van der Waals surface area contributed by atoms with Gasteiger partial charge in [-0.05, 0) is 32.1 Å². The van der Waals surface area contributed by atoms with Crippen LogP contribution in [-0.4, -0.2) is 24.8 Å². The molecule has 1 N–H and O–H groups in total. The fraction of sp³-hybridized carbons (Fsp3) is 0.909. The molecule has 0 aromatic carbocycles. The average Bonchev–Trinajstić information content (AvgIpc) is 2.66. The van der Waals surface area contributed by atoms with Crippen molar-refractivity contribution >= 4 is 5.97 Å². The Morgan fingerprint density at radius 3 is 2.50 bits per heavy atom. The van der Waals surface area contributed by atoms with Crippen LogP contribution in [0.2, 0.25) is 0 Å². The minimum Gasteiger partial charge on any atom is -0.481 e. The molecule has 1 unspecified atom stereocenters. The predicted molar refractivity (Wildman–Crippen MR) is 54.2 cm³/mol.